The van der Waals surface area contributed by atoms with Crippen LogP contribution in [0.1, 0.15) is 25.0 Å². The van der Waals surface area contributed by atoms with Crippen molar-refractivity contribution in [1.29, 1.82) is 0 Å². The van der Waals surface area contributed by atoms with Crippen LogP contribution in [-0.2, 0) is 30.3 Å². The van der Waals surface area contributed by atoms with E-state index in [0.717, 1.165) is 11.1 Å². The molecule has 39 heavy (non-hydrogen) atoms. The molecule has 9 heteroatoms. The van der Waals surface area contributed by atoms with Crippen molar-refractivity contribution in [3.63, 3.8) is 0 Å². The van der Waals surface area contributed by atoms with Crippen LogP contribution in [0, 0.1) is 0 Å². The first kappa shape index (κ1) is 31.3. The van der Waals surface area contributed by atoms with Crippen molar-refractivity contribution in [3.05, 3.63) is 119 Å². The molecule has 8 nitrogen and oxygen atoms in total. The standard InChI is InChI=1S/2C15H16O4.Fe/c2*1-2-18-14-9-11(10-16)7-8-13(14)19-15(17)12-5-3-4-6-12;/h2*3-9,16-17H,2,10H2,1H3;. The topological polar surface area (TPSA) is 118 Å². The van der Waals surface area contributed by atoms with E-state index in [4.69, 9.17) is 29.2 Å². The largest absolute Gasteiger partial charge is 0.490 e. The Hall–Kier alpha value is -3.88. The number of aliphatic hydroxyl groups excluding tert-OH is 4. The molecule has 2 aliphatic carbocycles. The average molecular weight is 576 g/mol. The third-order valence-electron chi connectivity index (χ3n) is 5.21. The van der Waals surface area contributed by atoms with Crippen molar-refractivity contribution in [2.75, 3.05) is 13.2 Å². The second-order valence-corrected chi connectivity index (χ2v) is 7.91. The van der Waals surface area contributed by atoms with Gasteiger partial charge in [0, 0.05) is 17.1 Å². The smallest absolute Gasteiger partial charge is 0.289 e. The Morgan fingerprint density at radius 3 is 1.26 bits per heavy atom. The second-order valence-electron chi connectivity index (χ2n) is 7.91. The molecule has 4 rings (SSSR count). The average Bonchev–Trinajstić information content (AvgIpc) is 3.66. The van der Waals surface area contributed by atoms with Gasteiger partial charge in [-0.2, -0.15) is 0 Å². The van der Waals surface area contributed by atoms with E-state index in [9.17, 15) is 10.2 Å². The maximum absolute atomic E-state index is 9.87. The molecule has 0 amide bonds. The number of allylic oxidation sites excluding steroid dienone is 10. The van der Waals surface area contributed by atoms with E-state index in [1.807, 2.05) is 38.2 Å². The van der Waals surface area contributed by atoms with E-state index in [0.29, 0.717) is 47.4 Å². The summed E-state index contributed by atoms with van der Waals surface area (Å²) in [5.74, 6) is 1.46. The van der Waals surface area contributed by atoms with E-state index in [1.54, 1.807) is 60.7 Å². The van der Waals surface area contributed by atoms with Crippen molar-refractivity contribution >= 4 is 0 Å². The molecule has 0 saturated carbocycles. The Balaban J connectivity index is 0.000000267. The van der Waals surface area contributed by atoms with Gasteiger partial charge < -0.3 is 39.4 Å². The van der Waals surface area contributed by atoms with Gasteiger partial charge >= 0.3 is 0 Å². The molecule has 208 valence electrons. The van der Waals surface area contributed by atoms with E-state index in [1.165, 1.54) is 0 Å². The predicted octanol–water partition coefficient (Wildman–Crippen LogP) is 5.70. The van der Waals surface area contributed by atoms with Crippen LogP contribution in [0.3, 0.4) is 0 Å². The van der Waals surface area contributed by atoms with Crippen molar-refractivity contribution in [2.45, 2.75) is 27.1 Å². The molecule has 0 aliphatic heterocycles. The zero-order valence-electron chi connectivity index (χ0n) is 21.7. The molecule has 2 aromatic carbocycles. The Bertz CT molecular complexity index is 1160. The molecule has 2 aliphatic rings. The molecule has 0 atom stereocenters. The zero-order valence-corrected chi connectivity index (χ0v) is 22.8. The summed E-state index contributed by atoms with van der Waals surface area (Å²) in [6, 6.07) is 10.1. The van der Waals surface area contributed by atoms with E-state index in [-0.39, 0.29) is 42.2 Å². The molecule has 0 bridgehead atoms. The van der Waals surface area contributed by atoms with Gasteiger partial charge in [0.2, 0.25) is 0 Å². The molecule has 0 aromatic heterocycles. The summed E-state index contributed by atoms with van der Waals surface area (Å²) in [4.78, 5) is 0. The molecule has 0 saturated heterocycles. The summed E-state index contributed by atoms with van der Waals surface area (Å²) in [6.45, 7) is 4.52. The monoisotopic (exact) mass is 576 g/mol. The van der Waals surface area contributed by atoms with E-state index >= 15 is 0 Å². The van der Waals surface area contributed by atoms with Crippen LogP contribution in [0.2, 0.25) is 0 Å². The third-order valence-corrected chi connectivity index (χ3v) is 5.21. The Morgan fingerprint density at radius 2 is 0.949 bits per heavy atom. The number of benzene rings is 2. The van der Waals surface area contributed by atoms with E-state index < -0.39 is 0 Å². The van der Waals surface area contributed by atoms with Crippen LogP contribution in [0.4, 0.5) is 0 Å². The fourth-order valence-electron chi connectivity index (χ4n) is 3.37. The molecular weight excluding hydrogens is 544 g/mol. The first-order valence-electron chi connectivity index (χ1n) is 12.1. The molecule has 0 radical (unpaired) electrons. The van der Waals surface area contributed by atoms with Crippen LogP contribution < -0.4 is 18.9 Å². The van der Waals surface area contributed by atoms with E-state index in [2.05, 4.69) is 0 Å². The quantitative estimate of drug-likeness (QED) is 0.210. The maximum atomic E-state index is 9.87. The van der Waals surface area contributed by atoms with Crippen LogP contribution in [0.15, 0.2) is 108 Å². The van der Waals surface area contributed by atoms with Crippen LogP contribution >= 0.6 is 0 Å². The molecule has 0 fully saturated rings. The summed E-state index contributed by atoms with van der Waals surface area (Å²) < 4.78 is 21.7. The number of ether oxygens (including phenoxy) is 4. The Kier molecular flexibility index (Phi) is 13.0. The van der Waals surface area contributed by atoms with Gasteiger partial charge in [-0.1, -0.05) is 36.4 Å². The third kappa shape index (κ3) is 9.12. The number of hydrogen-bond acceptors (Lipinski definition) is 8. The number of aliphatic hydroxyl groups is 4. The first-order chi connectivity index (χ1) is 18.5. The van der Waals surface area contributed by atoms with Gasteiger partial charge in [0.05, 0.1) is 37.6 Å². The Labute approximate surface area is 238 Å². The summed E-state index contributed by atoms with van der Waals surface area (Å²) >= 11 is 0. The SMILES string of the molecule is CCOc1cc(CO)ccc1OC(O)=C1C=CC=C1.CCOc1cc(CO)ccc1OC(O)=C1C=CC=C1.[Fe]. The van der Waals surface area contributed by atoms with Crippen molar-refractivity contribution < 1.29 is 56.4 Å². The van der Waals surface area contributed by atoms with Crippen LogP contribution in [0.5, 0.6) is 23.0 Å². The molecule has 0 heterocycles. The number of rotatable bonds is 10. The molecule has 4 N–H and O–H groups in total. The van der Waals surface area contributed by atoms with Gasteiger partial charge in [0.15, 0.2) is 23.0 Å². The van der Waals surface area contributed by atoms with Crippen LogP contribution in [0.25, 0.3) is 0 Å². The first-order valence-corrected chi connectivity index (χ1v) is 12.1. The number of hydrogen-bond donors (Lipinski definition) is 4. The van der Waals surface area contributed by atoms with Gasteiger partial charge in [0.25, 0.3) is 11.9 Å². The minimum Gasteiger partial charge on any atom is -0.490 e. The molecule has 0 spiro atoms. The summed E-state index contributed by atoms with van der Waals surface area (Å²) in [6.07, 6.45) is 14.2. The van der Waals surface area contributed by atoms with Gasteiger partial charge in [-0.3, -0.25) is 0 Å². The maximum Gasteiger partial charge on any atom is 0.289 e. The summed E-state index contributed by atoms with van der Waals surface area (Å²) in [5, 5.41) is 37.9. The predicted molar refractivity (Wildman–Crippen MR) is 144 cm³/mol. The zero-order chi connectivity index (χ0) is 27.3. The second kappa shape index (κ2) is 16.2. The van der Waals surface area contributed by atoms with Gasteiger partial charge in [-0.05, 0) is 73.5 Å². The van der Waals surface area contributed by atoms with Crippen molar-refractivity contribution in [3.8, 4) is 23.0 Å². The summed E-state index contributed by atoms with van der Waals surface area (Å²) in [7, 11) is 0. The molecule has 0 unspecified atom stereocenters. The fourth-order valence-corrected chi connectivity index (χ4v) is 3.37. The van der Waals surface area contributed by atoms with Gasteiger partial charge in [-0.15, -0.1) is 0 Å². The van der Waals surface area contributed by atoms with Gasteiger partial charge in [0.1, 0.15) is 0 Å². The fraction of sp³-hybridized carbons (Fsp3) is 0.200. The Morgan fingerprint density at radius 1 is 0.590 bits per heavy atom. The normalized spacial score (nSPS) is 12.5. The van der Waals surface area contributed by atoms with Crippen molar-refractivity contribution in [1.82, 2.24) is 0 Å². The minimum absolute atomic E-state index is 0. The molecular formula is C30H32FeO8. The minimum atomic E-state index is -0.178. The summed E-state index contributed by atoms with van der Waals surface area (Å²) in [5.41, 5.74) is 2.66. The van der Waals surface area contributed by atoms with Gasteiger partial charge in [-0.25, -0.2) is 0 Å². The van der Waals surface area contributed by atoms with Crippen LogP contribution in [-0.4, -0.2) is 33.6 Å². The molecule has 2 aromatic rings. The van der Waals surface area contributed by atoms with Crippen molar-refractivity contribution in [2.24, 2.45) is 0 Å².